The second-order valence-corrected chi connectivity index (χ2v) is 6.04. The maximum atomic E-state index is 6.01. The lowest BCUT2D eigenvalue weighted by Crippen LogP contribution is -2.06. The van der Waals surface area contributed by atoms with Gasteiger partial charge in [-0.05, 0) is 42.7 Å². The first-order valence-corrected chi connectivity index (χ1v) is 7.70. The molecule has 4 heteroatoms. The third-order valence-corrected chi connectivity index (χ3v) is 4.08. The molecule has 20 heavy (non-hydrogen) atoms. The van der Waals surface area contributed by atoms with E-state index in [4.69, 9.17) is 17.3 Å². The second kappa shape index (κ2) is 6.82. The number of rotatable bonds is 3. The summed E-state index contributed by atoms with van der Waals surface area (Å²) in [5.74, 6) is 0.789. The molecule has 0 fully saturated rings. The van der Waals surface area contributed by atoms with Crippen molar-refractivity contribution in [3.63, 3.8) is 0 Å². The molecule has 104 valence electrons. The molecule has 2 N–H and O–H groups in total. The Morgan fingerprint density at radius 3 is 2.30 bits per heavy atom. The molecule has 2 rings (SSSR count). The van der Waals surface area contributed by atoms with Crippen molar-refractivity contribution in [1.82, 2.24) is 0 Å². The molecule has 0 saturated carbocycles. The van der Waals surface area contributed by atoms with Gasteiger partial charge in [0.25, 0.3) is 0 Å². The van der Waals surface area contributed by atoms with Gasteiger partial charge in [-0.3, -0.25) is 0 Å². The zero-order valence-electron chi connectivity index (χ0n) is 11.6. The fourth-order valence-corrected chi connectivity index (χ4v) is 2.65. The Balaban J connectivity index is 2.06. The van der Waals surface area contributed by atoms with Crippen molar-refractivity contribution in [2.24, 2.45) is 10.7 Å². The molecule has 0 bridgehead atoms. The van der Waals surface area contributed by atoms with Gasteiger partial charge < -0.3 is 5.73 Å². The van der Waals surface area contributed by atoms with E-state index >= 15 is 0 Å². The monoisotopic (exact) mass is 304 g/mol. The van der Waals surface area contributed by atoms with Gasteiger partial charge in [0, 0.05) is 10.8 Å². The van der Waals surface area contributed by atoms with E-state index in [1.807, 2.05) is 56.3 Å². The zero-order chi connectivity index (χ0) is 14.5. The molecule has 0 amide bonds. The summed E-state index contributed by atoms with van der Waals surface area (Å²) in [6, 6.07) is 13.9. The number of para-hydroxylation sites is 1. The maximum absolute atomic E-state index is 6.01. The summed E-state index contributed by atoms with van der Waals surface area (Å²) < 4.78 is 0. The van der Waals surface area contributed by atoms with E-state index in [0.29, 0.717) is 5.17 Å². The maximum Gasteiger partial charge on any atom is 0.159 e. The van der Waals surface area contributed by atoms with Crippen LogP contribution >= 0.6 is 23.4 Å². The Morgan fingerprint density at radius 2 is 1.70 bits per heavy atom. The minimum absolute atomic E-state index is 0.581. The first kappa shape index (κ1) is 14.9. The SMILES string of the molecule is Cc1cccc(C)c1N=C(N)SCc1ccc(Cl)cc1. The van der Waals surface area contributed by atoms with Gasteiger partial charge in [0.15, 0.2) is 5.17 Å². The third kappa shape index (κ3) is 4.02. The van der Waals surface area contributed by atoms with E-state index in [2.05, 4.69) is 4.99 Å². The lowest BCUT2D eigenvalue weighted by molar-refractivity contribution is 1.32. The van der Waals surface area contributed by atoms with Crippen molar-refractivity contribution in [2.75, 3.05) is 0 Å². The Kier molecular flexibility index (Phi) is 5.10. The summed E-state index contributed by atoms with van der Waals surface area (Å²) in [5.41, 5.74) is 10.4. The highest BCUT2D eigenvalue weighted by molar-refractivity contribution is 8.13. The van der Waals surface area contributed by atoms with Crippen molar-refractivity contribution < 1.29 is 0 Å². The normalized spacial score (nSPS) is 11.7. The molecule has 0 atom stereocenters. The van der Waals surface area contributed by atoms with Crippen LogP contribution in [-0.2, 0) is 5.75 Å². The summed E-state index contributed by atoms with van der Waals surface area (Å²) in [4.78, 5) is 4.52. The summed E-state index contributed by atoms with van der Waals surface area (Å²) in [6.07, 6.45) is 0. The second-order valence-electron chi connectivity index (χ2n) is 4.61. The van der Waals surface area contributed by atoms with Gasteiger partial charge in [-0.1, -0.05) is 53.7 Å². The molecule has 2 aromatic rings. The summed E-state index contributed by atoms with van der Waals surface area (Å²) in [7, 11) is 0. The molecule has 0 aliphatic rings. The fourth-order valence-electron chi connectivity index (χ4n) is 1.86. The molecular formula is C16H17ClN2S. The highest BCUT2D eigenvalue weighted by Crippen LogP contribution is 2.24. The lowest BCUT2D eigenvalue weighted by Gasteiger charge is -2.06. The van der Waals surface area contributed by atoms with Crippen LogP contribution in [0.25, 0.3) is 0 Å². The smallest absolute Gasteiger partial charge is 0.159 e. The summed E-state index contributed by atoms with van der Waals surface area (Å²) in [6.45, 7) is 4.09. The van der Waals surface area contributed by atoms with Crippen LogP contribution in [0.2, 0.25) is 5.02 Å². The number of nitrogens with zero attached hydrogens (tertiary/aromatic N) is 1. The number of benzene rings is 2. The predicted octanol–water partition coefficient (Wildman–Crippen LogP) is 4.84. The Bertz CT molecular complexity index is 601. The molecule has 2 aromatic carbocycles. The van der Waals surface area contributed by atoms with Crippen LogP contribution in [0.3, 0.4) is 0 Å². The standard InChI is InChI=1S/C16H17ClN2S/c1-11-4-3-5-12(2)15(11)19-16(18)20-10-13-6-8-14(17)9-7-13/h3-9H,10H2,1-2H3,(H2,18,19). The average Bonchev–Trinajstić information content (AvgIpc) is 2.42. The van der Waals surface area contributed by atoms with Crippen molar-refractivity contribution in [2.45, 2.75) is 19.6 Å². The van der Waals surface area contributed by atoms with E-state index in [9.17, 15) is 0 Å². The summed E-state index contributed by atoms with van der Waals surface area (Å²) in [5, 5.41) is 1.33. The number of hydrogen-bond donors (Lipinski definition) is 1. The van der Waals surface area contributed by atoms with E-state index in [-0.39, 0.29) is 0 Å². The van der Waals surface area contributed by atoms with E-state index < -0.39 is 0 Å². The van der Waals surface area contributed by atoms with Gasteiger partial charge in [0.05, 0.1) is 5.69 Å². The largest absolute Gasteiger partial charge is 0.378 e. The highest BCUT2D eigenvalue weighted by Gasteiger charge is 2.03. The van der Waals surface area contributed by atoms with Gasteiger partial charge >= 0.3 is 0 Å². The van der Waals surface area contributed by atoms with Crippen molar-refractivity contribution in [3.8, 4) is 0 Å². The number of amidine groups is 1. The van der Waals surface area contributed by atoms with Gasteiger partial charge in [-0.25, -0.2) is 4.99 Å². The van der Waals surface area contributed by atoms with Crippen molar-refractivity contribution in [3.05, 3.63) is 64.2 Å². The molecule has 2 nitrogen and oxygen atoms in total. The highest BCUT2D eigenvalue weighted by atomic mass is 35.5. The number of nitrogens with two attached hydrogens (primary N) is 1. The average molecular weight is 305 g/mol. The van der Waals surface area contributed by atoms with Gasteiger partial charge in [-0.15, -0.1) is 0 Å². The van der Waals surface area contributed by atoms with Crippen LogP contribution in [0.15, 0.2) is 47.5 Å². The molecule has 0 aromatic heterocycles. The number of hydrogen-bond acceptors (Lipinski definition) is 2. The van der Waals surface area contributed by atoms with Gasteiger partial charge in [0.1, 0.15) is 0 Å². The van der Waals surface area contributed by atoms with Crippen LogP contribution in [0.5, 0.6) is 0 Å². The number of aryl methyl sites for hydroxylation is 2. The molecular weight excluding hydrogens is 288 g/mol. The van der Waals surface area contributed by atoms with Crippen LogP contribution in [0.1, 0.15) is 16.7 Å². The number of halogens is 1. The first-order chi connectivity index (χ1) is 9.56. The minimum atomic E-state index is 0.581. The molecule has 0 radical (unpaired) electrons. The van der Waals surface area contributed by atoms with Gasteiger partial charge in [-0.2, -0.15) is 0 Å². The van der Waals surface area contributed by atoms with E-state index in [0.717, 1.165) is 27.6 Å². The number of aliphatic imine (C=N–C) groups is 1. The van der Waals surface area contributed by atoms with E-state index in [1.54, 1.807) is 0 Å². The summed E-state index contributed by atoms with van der Waals surface area (Å²) >= 11 is 7.39. The van der Waals surface area contributed by atoms with Crippen LogP contribution in [0.4, 0.5) is 5.69 Å². The zero-order valence-corrected chi connectivity index (χ0v) is 13.1. The molecule has 0 spiro atoms. The molecule has 0 aliphatic heterocycles. The molecule has 0 aliphatic carbocycles. The minimum Gasteiger partial charge on any atom is -0.378 e. The van der Waals surface area contributed by atoms with Crippen molar-refractivity contribution in [1.29, 1.82) is 0 Å². The predicted molar refractivity (Wildman–Crippen MR) is 89.9 cm³/mol. The van der Waals surface area contributed by atoms with E-state index in [1.165, 1.54) is 17.3 Å². The number of thioether (sulfide) groups is 1. The molecule has 0 heterocycles. The first-order valence-electron chi connectivity index (χ1n) is 6.34. The Morgan fingerprint density at radius 1 is 1.10 bits per heavy atom. The third-order valence-electron chi connectivity index (χ3n) is 2.96. The van der Waals surface area contributed by atoms with Crippen LogP contribution in [0, 0.1) is 13.8 Å². The lowest BCUT2D eigenvalue weighted by atomic mass is 10.1. The van der Waals surface area contributed by atoms with Crippen molar-refractivity contribution >= 4 is 34.2 Å². The fraction of sp³-hybridized carbons (Fsp3) is 0.188. The van der Waals surface area contributed by atoms with Gasteiger partial charge in [0.2, 0.25) is 0 Å². The van der Waals surface area contributed by atoms with Crippen LogP contribution in [-0.4, -0.2) is 5.17 Å². The quantitative estimate of drug-likeness (QED) is 0.651. The topological polar surface area (TPSA) is 38.4 Å². The molecule has 0 saturated heterocycles. The Hall–Kier alpha value is -1.45. The molecule has 0 unspecified atom stereocenters. The Labute approximate surface area is 129 Å². The van der Waals surface area contributed by atoms with Crippen LogP contribution < -0.4 is 5.73 Å².